The average molecular weight is 622 g/mol. The molecule has 1 heterocycles. The van der Waals surface area contributed by atoms with Crippen molar-refractivity contribution in [2.45, 2.75) is 90.4 Å². The zero-order valence-corrected chi connectivity index (χ0v) is 27.4. The number of aliphatic hydroxyl groups is 1. The van der Waals surface area contributed by atoms with Gasteiger partial charge in [0.25, 0.3) is 11.8 Å². The summed E-state index contributed by atoms with van der Waals surface area (Å²) in [5.41, 5.74) is 1.51. The number of rotatable bonds is 7. The largest absolute Gasteiger partial charge is 0.490 e. The van der Waals surface area contributed by atoms with Gasteiger partial charge in [-0.3, -0.25) is 14.4 Å². The number of carbonyl (C=O) groups excluding carboxylic acids is 3. The summed E-state index contributed by atoms with van der Waals surface area (Å²) in [6.07, 6.45) is 7.05. The maximum atomic E-state index is 14.3. The van der Waals surface area contributed by atoms with E-state index < -0.39 is 6.04 Å². The number of nitrogens with one attached hydrogen (secondary N) is 1. The maximum Gasteiger partial charge on any atom is 0.258 e. The van der Waals surface area contributed by atoms with Crippen molar-refractivity contribution in [3.63, 3.8) is 0 Å². The van der Waals surface area contributed by atoms with Crippen molar-refractivity contribution in [2.24, 2.45) is 11.8 Å². The number of benzene rings is 2. The monoisotopic (exact) mass is 621 g/mol. The van der Waals surface area contributed by atoms with Gasteiger partial charge >= 0.3 is 0 Å². The molecule has 1 saturated carbocycles. The summed E-state index contributed by atoms with van der Waals surface area (Å²) >= 11 is 0. The standard InChI is InChI=1S/C36H51N3O6/c1-25-22-39(26(2)24-40)36(43)31-21-30(37-34(41)28-14-7-5-8-15-28)18-19-32(31)45-27(3)13-11-12-20-44-33(25)23-38(4)35(42)29-16-9-6-10-17-29/h6,9-10,16-19,21,25-28,33,40H,5,7-8,11-15,20,22-24H2,1-4H3,(H,37,41)/t25-,26+,27-,33-/m1/s1. The maximum absolute atomic E-state index is 14.3. The molecule has 1 aliphatic carbocycles. The average Bonchev–Trinajstić information content (AvgIpc) is 3.06. The van der Waals surface area contributed by atoms with Crippen molar-refractivity contribution in [2.75, 3.05) is 38.7 Å². The number of hydrogen-bond acceptors (Lipinski definition) is 6. The summed E-state index contributed by atoms with van der Waals surface area (Å²) in [5.74, 6) is -0.108. The Morgan fingerprint density at radius 1 is 1.02 bits per heavy atom. The Balaban J connectivity index is 1.61. The molecule has 0 radical (unpaired) electrons. The highest BCUT2D eigenvalue weighted by Crippen LogP contribution is 2.30. The quantitative estimate of drug-likeness (QED) is 0.406. The molecule has 0 aromatic heterocycles. The van der Waals surface area contributed by atoms with Crippen LogP contribution in [0.2, 0.25) is 0 Å². The van der Waals surface area contributed by atoms with E-state index in [1.807, 2.05) is 39.0 Å². The van der Waals surface area contributed by atoms with E-state index in [0.717, 1.165) is 51.4 Å². The van der Waals surface area contributed by atoms with Gasteiger partial charge in [-0.1, -0.05) is 44.4 Å². The highest BCUT2D eigenvalue weighted by molar-refractivity contribution is 6.00. The van der Waals surface area contributed by atoms with Gasteiger partial charge in [0.2, 0.25) is 5.91 Å². The third-order valence-electron chi connectivity index (χ3n) is 9.12. The van der Waals surface area contributed by atoms with Gasteiger partial charge in [0.05, 0.1) is 30.4 Å². The lowest BCUT2D eigenvalue weighted by atomic mass is 9.88. The molecule has 2 N–H and O–H groups in total. The van der Waals surface area contributed by atoms with E-state index >= 15 is 0 Å². The minimum Gasteiger partial charge on any atom is -0.490 e. The van der Waals surface area contributed by atoms with E-state index in [9.17, 15) is 19.5 Å². The van der Waals surface area contributed by atoms with Crippen LogP contribution in [0.15, 0.2) is 48.5 Å². The van der Waals surface area contributed by atoms with Crippen LogP contribution in [-0.4, -0.2) is 84.2 Å². The topological polar surface area (TPSA) is 108 Å². The predicted molar refractivity (Wildman–Crippen MR) is 175 cm³/mol. The first-order valence-electron chi connectivity index (χ1n) is 16.6. The van der Waals surface area contributed by atoms with Crippen LogP contribution in [0.25, 0.3) is 0 Å². The first-order valence-corrected chi connectivity index (χ1v) is 16.6. The first-order chi connectivity index (χ1) is 21.7. The summed E-state index contributed by atoms with van der Waals surface area (Å²) in [7, 11) is 1.77. The fourth-order valence-electron chi connectivity index (χ4n) is 6.23. The Labute approximate surface area is 268 Å². The van der Waals surface area contributed by atoms with Crippen molar-refractivity contribution < 1.29 is 29.0 Å². The molecule has 0 saturated heterocycles. The van der Waals surface area contributed by atoms with E-state index in [2.05, 4.69) is 5.32 Å². The van der Waals surface area contributed by atoms with Gasteiger partial charge in [-0.05, 0) is 76.3 Å². The third kappa shape index (κ3) is 9.53. The number of fused-ring (bicyclic) bond motifs is 1. The molecule has 2 aliphatic rings. The zero-order chi connectivity index (χ0) is 32.3. The third-order valence-corrected chi connectivity index (χ3v) is 9.12. The second-order valence-electron chi connectivity index (χ2n) is 12.9. The number of likely N-dealkylation sites (N-methyl/N-ethyl adjacent to an activating group) is 1. The fourth-order valence-corrected chi connectivity index (χ4v) is 6.23. The van der Waals surface area contributed by atoms with Crippen molar-refractivity contribution in [3.8, 4) is 5.75 Å². The molecule has 9 nitrogen and oxygen atoms in total. The normalized spacial score (nSPS) is 22.8. The molecular weight excluding hydrogens is 570 g/mol. The van der Waals surface area contributed by atoms with E-state index in [-0.39, 0.29) is 48.4 Å². The second-order valence-corrected chi connectivity index (χ2v) is 12.9. The second kappa shape index (κ2) is 16.8. The molecule has 45 heavy (non-hydrogen) atoms. The van der Waals surface area contributed by atoms with E-state index in [1.54, 1.807) is 47.2 Å². The Hall–Kier alpha value is -3.43. The van der Waals surface area contributed by atoms with Gasteiger partial charge in [0.1, 0.15) is 5.75 Å². The minimum absolute atomic E-state index is 0.0133. The highest BCUT2D eigenvalue weighted by Gasteiger charge is 2.31. The van der Waals surface area contributed by atoms with Crippen molar-refractivity contribution in [1.29, 1.82) is 0 Å². The lowest BCUT2D eigenvalue weighted by molar-refractivity contribution is -0.120. The van der Waals surface area contributed by atoms with Crippen molar-refractivity contribution >= 4 is 23.4 Å². The molecule has 2 aromatic rings. The molecule has 246 valence electrons. The summed E-state index contributed by atoms with van der Waals surface area (Å²) in [6, 6.07) is 14.0. The first kappa shape index (κ1) is 34.4. The zero-order valence-electron chi connectivity index (χ0n) is 27.4. The molecule has 0 unspecified atom stereocenters. The van der Waals surface area contributed by atoms with E-state index in [1.165, 1.54) is 0 Å². The predicted octanol–water partition coefficient (Wildman–Crippen LogP) is 5.77. The van der Waals surface area contributed by atoms with Gasteiger partial charge in [-0.25, -0.2) is 0 Å². The molecule has 4 atom stereocenters. The van der Waals surface area contributed by atoms with Gasteiger partial charge < -0.3 is 29.7 Å². The van der Waals surface area contributed by atoms with Crippen LogP contribution in [0.5, 0.6) is 5.75 Å². The molecule has 3 amide bonds. The smallest absolute Gasteiger partial charge is 0.258 e. The van der Waals surface area contributed by atoms with Crippen LogP contribution in [-0.2, 0) is 9.53 Å². The summed E-state index contributed by atoms with van der Waals surface area (Å²) in [5, 5.41) is 13.3. The molecule has 1 aliphatic heterocycles. The number of hydrogen-bond donors (Lipinski definition) is 2. The Kier molecular flexibility index (Phi) is 12.8. The van der Waals surface area contributed by atoms with Crippen LogP contribution < -0.4 is 10.1 Å². The number of ether oxygens (including phenoxy) is 2. The number of aliphatic hydroxyl groups excluding tert-OH is 1. The van der Waals surface area contributed by atoms with Crippen molar-refractivity contribution in [1.82, 2.24) is 9.80 Å². The molecule has 1 fully saturated rings. The van der Waals surface area contributed by atoms with Crippen LogP contribution in [0.4, 0.5) is 5.69 Å². The summed E-state index contributed by atoms with van der Waals surface area (Å²) < 4.78 is 12.7. The number of anilines is 1. The molecular formula is C36H51N3O6. The number of amides is 3. The fraction of sp³-hybridized carbons (Fsp3) is 0.583. The Morgan fingerprint density at radius 3 is 2.44 bits per heavy atom. The van der Waals surface area contributed by atoms with Crippen molar-refractivity contribution in [3.05, 3.63) is 59.7 Å². The Bertz CT molecular complexity index is 1260. The van der Waals surface area contributed by atoms with Gasteiger partial charge in [-0.15, -0.1) is 0 Å². The van der Waals surface area contributed by atoms with Gasteiger partial charge in [-0.2, -0.15) is 0 Å². The number of carbonyl (C=O) groups is 3. The lowest BCUT2D eigenvalue weighted by Crippen LogP contribution is -2.48. The highest BCUT2D eigenvalue weighted by atomic mass is 16.5. The van der Waals surface area contributed by atoms with Crippen LogP contribution in [0, 0.1) is 11.8 Å². The SMILES string of the molecule is C[C@@H]1CCCCO[C@H](CN(C)C(=O)c2ccccc2)[C@H](C)CN([C@@H](C)CO)C(=O)c2cc(NC(=O)C3CCCCC3)ccc2O1. The number of nitrogens with zero attached hydrogens (tertiary/aromatic N) is 2. The van der Waals surface area contributed by atoms with Crippen LogP contribution >= 0.6 is 0 Å². The molecule has 0 bridgehead atoms. The van der Waals surface area contributed by atoms with E-state index in [0.29, 0.717) is 42.3 Å². The molecule has 2 aromatic carbocycles. The molecule has 4 rings (SSSR count). The molecule has 9 heteroatoms. The Morgan fingerprint density at radius 2 is 1.73 bits per heavy atom. The summed E-state index contributed by atoms with van der Waals surface area (Å²) in [6.45, 7) is 6.78. The summed E-state index contributed by atoms with van der Waals surface area (Å²) in [4.78, 5) is 43.9. The van der Waals surface area contributed by atoms with Gasteiger partial charge in [0, 0.05) is 49.8 Å². The minimum atomic E-state index is -0.483. The van der Waals surface area contributed by atoms with E-state index in [4.69, 9.17) is 9.47 Å². The van der Waals surface area contributed by atoms with Crippen LogP contribution in [0.1, 0.15) is 92.9 Å². The van der Waals surface area contributed by atoms with Crippen LogP contribution in [0.3, 0.4) is 0 Å². The molecule has 0 spiro atoms. The van der Waals surface area contributed by atoms with Gasteiger partial charge in [0.15, 0.2) is 0 Å². The lowest BCUT2D eigenvalue weighted by Gasteiger charge is -2.36.